The molecule has 108 valence electrons. The molecule has 0 radical (unpaired) electrons. The lowest BCUT2D eigenvalue weighted by Crippen LogP contribution is -2.20. The molecule has 0 aliphatic carbocycles. The Morgan fingerprint density at radius 1 is 1.20 bits per heavy atom. The van der Waals surface area contributed by atoms with Crippen LogP contribution in [0.1, 0.15) is 57.5 Å². The van der Waals surface area contributed by atoms with E-state index in [1.165, 1.54) is 5.56 Å². The molecule has 1 unspecified atom stereocenters. The standard InChI is InChI=1S/C16H23N3O/c1-5-11-17-12(2)14-18-19-15(20-14)16(3,4)13-9-7-6-8-10-13/h6-10,12,17H,5,11H2,1-4H3. The van der Waals surface area contributed by atoms with Gasteiger partial charge in [-0.25, -0.2) is 0 Å². The molecule has 1 N–H and O–H groups in total. The van der Waals surface area contributed by atoms with Gasteiger partial charge >= 0.3 is 0 Å². The quantitative estimate of drug-likeness (QED) is 0.875. The second-order valence-electron chi connectivity index (χ2n) is 5.61. The van der Waals surface area contributed by atoms with E-state index in [1.807, 2.05) is 25.1 Å². The highest BCUT2D eigenvalue weighted by Gasteiger charge is 2.30. The van der Waals surface area contributed by atoms with Gasteiger partial charge in [-0.2, -0.15) is 0 Å². The molecule has 2 aromatic rings. The molecule has 1 aromatic carbocycles. The summed E-state index contributed by atoms with van der Waals surface area (Å²) in [6.45, 7) is 9.33. The van der Waals surface area contributed by atoms with Crippen LogP contribution in [0.5, 0.6) is 0 Å². The molecule has 20 heavy (non-hydrogen) atoms. The Hall–Kier alpha value is -1.68. The van der Waals surface area contributed by atoms with Gasteiger partial charge in [0, 0.05) is 0 Å². The lowest BCUT2D eigenvalue weighted by Gasteiger charge is -2.20. The van der Waals surface area contributed by atoms with Crippen LogP contribution in [0.25, 0.3) is 0 Å². The van der Waals surface area contributed by atoms with Gasteiger partial charge in [-0.15, -0.1) is 10.2 Å². The van der Waals surface area contributed by atoms with Gasteiger partial charge in [0.1, 0.15) is 0 Å². The summed E-state index contributed by atoms with van der Waals surface area (Å²) in [6.07, 6.45) is 1.08. The molecule has 0 saturated carbocycles. The molecular weight excluding hydrogens is 250 g/mol. The molecule has 0 fully saturated rings. The van der Waals surface area contributed by atoms with E-state index in [0.717, 1.165) is 13.0 Å². The topological polar surface area (TPSA) is 51.0 Å². The summed E-state index contributed by atoms with van der Waals surface area (Å²) in [4.78, 5) is 0. The molecule has 0 aliphatic rings. The first-order chi connectivity index (χ1) is 9.55. The van der Waals surface area contributed by atoms with Crippen LogP contribution in [-0.2, 0) is 5.41 Å². The average Bonchev–Trinajstić information content (AvgIpc) is 2.96. The van der Waals surface area contributed by atoms with Crippen molar-refractivity contribution >= 4 is 0 Å². The Balaban J connectivity index is 2.19. The summed E-state index contributed by atoms with van der Waals surface area (Å²) < 4.78 is 5.88. The minimum Gasteiger partial charge on any atom is -0.423 e. The van der Waals surface area contributed by atoms with Crippen molar-refractivity contribution in [3.63, 3.8) is 0 Å². The summed E-state index contributed by atoms with van der Waals surface area (Å²) in [5, 5.41) is 11.8. The van der Waals surface area contributed by atoms with E-state index in [-0.39, 0.29) is 11.5 Å². The van der Waals surface area contributed by atoms with Crippen molar-refractivity contribution in [2.75, 3.05) is 6.54 Å². The largest absolute Gasteiger partial charge is 0.423 e. The maximum Gasteiger partial charge on any atom is 0.233 e. The molecule has 4 heteroatoms. The molecule has 1 heterocycles. The van der Waals surface area contributed by atoms with E-state index >= 15 is 0 Å². The third kappa shape index (κ3) is 3.07. The summed E-state index contributed by atoms with van der Waals surface area (Å²) in [6, 6.07) is 10.3. The van der Waals surface area contributed by atoms with Gasteiger partial charge in [-0.1, -0.05) is 37.3 Å². The Bertz CT molecular complexity index is 534. The fraction of sp³-hybridized carbons (Fsp3) is 0.500. The van der Waals surface area contributed by atoms with Crippen molar-refractivity contribution in [3.8, 4) is 0 Å². The van der Waals surface area contributed by atoms with Crippen molar-refractivity contribution in [2.24, 2.45) is 0 Å². The number of nitrogens with zero attached hydrogens (tertiary/aromatic N) is 2. The van der Waals surface area contributed by atoms with Gasteiger partial charge in [0.2, 0.25) is 11.8 Å². The zero-order valence-corrected chi connectivity index (χ0v) is 12.7. The fourth-order valence-electron chi connectivity index (χ4n) is 2.09. The minimum absolute atomic E-state index is 0.0859. The van der Waals surface area contributed by atoms with Crippen molar-refractivity contribution in [2.45, 2.75) is 45.6 Å². The van der Waals surface area contributed by atoms with Crippen molar-refractivity contribution in [1.29, 1.82) is 0 Å². The molecule has 0 bridgehead atoms. The fourth-order valence-corrected chi connectivity index (χ4v) is 2.09. The van der Waals surface area contributed by atoms with Crippen LogP contribution >= 0.6 is 0 Å². The van der Waals surface area contributed by atoms with Crippen LogP contribution < -0.4 is 5.32 Å². The third-order valence-electron chi connectivity index (χ3n) is 3.54. The first-order valence-corrected chi connectivity index (χ1v) is 7.18. The van der Waals surface area contributed by atoms with E-state index in [4.69, 9.17) is 4.42 Å². The average molecular weight is 273 g/mol. The third-order valence-corrected chi connectivity index (χ3v) is 3.54. The van der Waals surface area contributed by atoms with Crippen molar-refractivity contribution in [1.82, 2.24) is 15.5 Å². The maximum atomic E-state index is 5.88. The van der Waals surface area contributed by atoms with Crippen molar-refractivity contribution in [3.05, 3.63) is 47.7 Å². The summed E-state index contributed by atoms with van der Waals surface area (Å²) in [5.74, 6) is 1.31. The van der Waals surface area contributed by atoms with Crippen LogP contribution in [0, 0.1) is 0 Å². The second kappa shape index (κ2) is 6.18. The highest BCUT2D eigenvalue weighted by Crippen LogP contribution is 2.30. The zero-order chi connectivity index (χ0) is 14.6. The Kier molecular flexibility index (Phi) is 4.55. The van der Waals surface area contributed by atoms with Crippen LogP contribution in [0.15, 0.2) is 34.7 Å². The van der Waals surface area contributed by atoms with Gasteiger partial charge in [-0.3, -0.25) is 0 Å². The number of nitrogens with one attached hydrogen (secondary N) is 1. The van der Waals surface area contributed by atoms with Crippen LogP contribution in [0.2, 0.25) is 0 Å². The van der Waals surface area contributed by atoms with Gasteiger partial charge in [0.05, 0.1) is 11.5 Å². The van der Waals surface area contributed by atoms with E-state index in [0.29, 0.717) is 11.8 Å². The predicted octanol–water partition coefficient (Wildman–Crippen LogP) is 3.46. The maximum absolute atomic E-state index is 5.88. The van der Waals surface area contributed by atoms with Gasteiger partial charge < -0.3 is 9.73 Å². The molecule has 4 nitrogen and oxygen atoms in total. The Morgan fingerprint density at radius 3 is 2.55 bits per heavy atom. The van der Waals surface area contributed by atoms with Crippen LogP contribution in [0.3, 0.4) is 0 Å². The smallest absolute Gasteiger partial charge is 0.233 e. The first-order valence-electron chi connectivity index (χ1n) is 7.18. The lowest BCUT2D eigenvalue weighted by molar-refractivity contribution is 0.356. The normalized spacial score (nSPS) is 13.4. The molecule has 0 amide bonds. The lowest BCUT2D eigenvalue weighted by atomic mass is 9.85. The van der Waals surface area contributed by atoms with Gasteiger partial charge in [0.25, 0.3) is 0 Å². The van der Waals surface area contributed by atoms with E-state index in [2.05, 4.69) is 48.4 Å². The van der Waals surface area contributed by atoms with E-state index in [1.54, 1.807) is 0 Å². The summed E-state index contributed by atoms with van der Waals surface area (Å²) in [5.41, 5.74) is 0.890. The minimum atomic E-state index is -0.281. The van der Waals surface area contributed by atoms with Gasteiger partial charge in [0.15, 0.2) is 0 Å². The van der Waals surface area contributed by atoms with E-state index in [9.17, 15) is 0 Å². The number of hydrogen-bond acceptors (Lipinski definition) is 4. The van der Waals surface area contributed by atoms with Crippen molar-refractivity contribution < 1.29 is 4.42 Å². The molecule has 0 spiro atoms. The monoisotopic (exact) mass is 273 g/mol. The predicted molar refractivity (Wildman–Crippen MR) is 79.6 cm³/mol. The number of hydrogen-bond donors (Lipinski definition) is 1. The summed E-state index contributed by atoms with van der Waals surface area (Å²) in [7, 11) is 0. The Morgan fingerprint density at radius 2 is 1.90 bits per heavy atom. The highest BCUT2D eigenvalue weighted by atomic mass is 16.4. The van der Waals surface area contributed by atoms with E-state index < -0.39 is 0 Å². The molecule has 0 aliphatic heterocycles. The Labute approximate surface area is 120 Å². The number of rotatable bonds is 6. The molecule has 0 saturated heterocycles. The second-order valence-corrected chi connectivity index (χ2v) is 5.61. The van der Waals surface area contributed by atoms with Crippen LogP contribution in [-0.4, -0.2) is 16.7 Å². The zero-order valence-electron chi connectivity index (χ0n) is 12.7. The first kappa shape index (κ1) is 14.7. The highest BCUT2D eigenvalue weighted by molar-refractivity contribution is 5.29. The number of aromatic nitrogens is 2. The molecular formula is C16H23N3O. The molecule has 2 rings (SSSR count). The van der Waals surface area contributed by atoms with Gasteiger partial charge in [-0.05, 0) is 39.3 Å². The van der Waals surface area contributed by atoms with Crippen LogP contribution in [0.4, 0.5) is 0 Å². The SMILES string of the molecule is CCCNC(C)c1nnc(C(C)(C)c2ccccc2)o1. The number of benzene rings is 1. The molecule has 1 aromatic heterocycles. The summed E-state index contributed by atoms with van der Waals surface area (Å²) >= 11 is 0. The molecule has 1 atom stereocenters.